The summed E-state index contributed by atoms with van der Waals surface area (Å²) in [6, 6.07) is 28.5. The number of amides is 1. The van der Waals surface area contributed by atoms with Crippen molar-refractivity contribution in [2.45, 2.75) is 25.4 Å². The van der Waals surface area contributed by atoms with Crippen molar-refractivity contribution in [1.29, 1.82) is 0 Å². The van der Waals surface area contributed by atoms with E-state index in [0.717, 1.165) is 33.7 Å². The summed E-state index contributed by atoms with van der Waals surface area (Å²) in [4.78, 5) is 15.2. The molecule has 0 saturated carbocycles. The molecule has 7 rings (SSSR count). The van der Waals surface area contributed by atoms with Crippen LogP contribution in [0.5, 0.6) is 23.0 Å². The fraction of sp³-hybridized carbons (Fsp3) is 0.219. The molecule has 1 amide bonds. The fourth-order valence-electron chi connectivity index (χ4n) is 6.26. The van der Waals surface area contributed by atoms with E-state index >= 15 is 4.79 Å². The van der Waals surface area contributed by atoms with Gasteiger partial charge in [0.1, 0.15) is 36.9 Å². The first-order valence-corrected chi connectivity index (χ1v) is 12.8. The number of quaternary nitrogens is 1. The molecule has 0 radical (unpaired) electrons. The number of benzene rings is 4. The fourth-order valence-corrected chi connectivity index (χ4v) is 6.26. The summed E-state index contributed by atoms with van der Waals surface area (Å²) in [5.74, 6) is 2.87. The summed E-state index contributed by atoms with van der Waals surface area (Å²) in [5.41, 5.74) is 5.25. The lowest BCUT2D eigenvalue weighted by Gasteiger charge is -2.34. The summed E-state index contributed by atoms with van der Waals surface area (Å²) in [5, 5.41) is 0. The van der Waals surface area contributed by atoms with E-state index in [2.05, 4.69) is 43.3 Å². The maximum atomic E-state index is 15.2. The van der Waals surface area contributed by atoms with Crippen LogP contribution in [0.25, 0.3) is 0 Å². The SMILES string of the molecule is COc1ccc(C[N+]2(Cc3ccc(C)cc3)C(=O)C3(COc4cc5c(cc43)OCO5)c3ccccc32)cc1. The molecular formula is C32H28NO5+. The molecule has 6 nitrogen and oxygen atoms in total. The van der Waals surface area contributed by atoms with Gasteiger partial charge in [-0.25, -0.2) is 9.28 Å². The smallest absolute Gasteiger partial charge is 0.338 e. The Bertz CT molecular complexity index is 1560. The third-order valence-electron chi connectivity index (χ3n) is 8.14. The largest absolute Gasteiger partial charge is 0.497 e. The number of carbonyl (C=O) groups excluding carboxylic acids is 1. The van der Waals surface area contributed by atoms with Gasteiger partial charge in [-0.05, 0) is 43.3 Å². The van der Waals surface area contributed by atoms with Crippen LogP contribution < -0.4 is 23.4 Å². The van der Waals surface area contributed by atoms with Gasteiger partial charge in [-0.1, -0.05) is 48.0 Å². The molecule has 0 aromatic heterocycles. The zero-order chi connectivity index (χ0) is 25.9. The highest BCUT2D eigenvalue weighted by molar-refractivity contribution is 6.08. The second-order valence-corrected chi connectivity index (χ2v) is 10.3. The number of hydrogen-bond donors (Lipinski definition) is 0. The van der Waals surface area contributed by atoms with Gasteiger partial charge in [0.15, 0.2) is 16.9 Å². The molecule has 0 aliphatic carbocycles. The quantitative estimate of drug-likeness (QED) is 0.327. The van der Waals surface area contributed by atoms with Gasteiger partial charge in [0.05, 0.1) is 7.11 Å². The van der Waals surface area contributed by atoms with Crippen LogP contribution in [0, 0.1) is 6.92 Å². The molecule has 190 valence electrons. The first-order chi connectivity index (χ1) is 18.5. The molecular weight excluding hydrogens is 478 g/mol. The number of nitrogens with zero attached hydrogens (tertiary/aromatic N) is 1. The molecule has 38 heavy (non-hydrogen) atoms. The van der Waals surface area contributed by atoms with Crippen LogP contribution in [0.3, 0.4) is 0 Å². The number of methoxy groups -OCH3 is 1. The Kier molecular flexibility index (Phi) is 5.03. The highest BCUT2D eigenvalue weighted by atomic mass is 16.7. The van der Waals surface area contributed by atoms with E-state index in [1.165, 1.54) is 5.56 Å². The number of rotatable bonds is 5. The molecule has 6 heteroatoms. The lowest BCUT2D eigenvalue weighted by atomic mass is 9.77. The zero-order valence-corrected chi connectivity index (χ0v) is 21.4. The predicted octanol–water partition coefficient (Wildman–Crippen LogP) is 5.66. The van der Waals surface area contributed by atoms with Crippen molar-refractivity contribution in [3.8, 4) is 23.0 Å². The highest BCUT2D eigenvalue weighted by Crippen LogP contribution is 2.58. The summed E-state index contributed by atoms with van der Waals surface area (Å²) in [6.45, 7) is 3.53. The van der Waals surface area contributed by atoms with E-state index in [9.17, 15) is 0 Å². The highest BCUT2D eigenvalue weighted by Gasteiger charge is 2.66. The van der Waals surface area contributed by atoms with E-state index in [0.29, 0.717) is 30.3 Å². The van der Waals surface area contributed by atoms with Gasteiger partial charge in [0.25, 0.3) is 0 Å². The van der Waals surface area contributed by atoms with Crippen molar-refractivity contribution in [2.75, 3.05) is 20.5 Å². The Labute approximate surface area is 221 Å². The molecule has 0 N–H and O–H groups in total. The van der Waals surface area contributed by atoms with Crippen molar-refractivity contribution in [3.05, 3.63) is 113 Å². The van der Waals surface area contributed by atoms with E-state index in [1.54, 1.807) is 7.11 Å². The van der Waals surface area contributed by atoms with Crippen molar-refractivity contribution in [2.24, 2.45) is 0 Å². The summed E-state index contributed by atoms with van der Waals surface area (Å²) < 4.78 is 23.1. The molecule has 4 aromatic rings. The van der Waals surface area contributed by atoms with Crippen LogP contribution in [-0.4, -0.2) is 26.4 Å². The Balaban J connectivity index is 1.43. The number of hydrogen-bond acceptors (Lipinski definition) is 5. The monoisotopic (exact) mass is 506 g/mol. The lowest BCUT2D eigenvalue weighted by molar-refractivity contribution is -0.134. The van der Waals surface area contributed by atoms with Gasteiger partial charge in [0.2, 0.25) is 6.79 Å². The average molecular weight is 507 g/mol. The summed E-state index contributed by atoms with van der Waals surface area (Å²) in [6.07, 6.45) is 0. The topological polar surface area (TPSA) is 54.0 Å². The Morgan fingerprint density at radius 3 is 2.16 bits per heavy atom. The van der Waals surface area contributed by atoms with Crippen LogP contribution in [0.15, 0.2) is 84.9 Å². The van der Waals surface area contributed by atoms with E-state index in [1.807, 2.05) is 48.5 Å². The molecule has 4 aromatic carbocycles. The predicted molar refractivity (Wildman–Crippen MR) is 144 cm³/mol. The maximum Gasteiger partial charge on any atom is 0.338 e. The minimum atomic E-state index is -0.940. The van der Waals surface area contributed by atoms with Crippen molar-refractivity contribution in [1.82, 2.24) is 4.48 Å². The average Bonchev–Trinajstić information content (AvgIpc) is 3.61. The van der Waals surface area contributed by atoms with Gasteiger partial charge >= 0.3 is 5.91 Å². The number of aryl methyl sites for hydroxylation is 1. The van der Waals surface area contributed by atoms with Gasteiger partial charge in [-0.15, -0.1) is 0 Å². The van der Waals surface area contributed by atoms with Crippen molar-refractivity contribution in [3.63, 3.8) is 0 Å². The van der Waals surface area contributed by atoms with Crippen LogP contribution >= 0.6 is 0 Å². The molecule has 0 fully saturated rings. The number of para-hydroxylation sites is 1. The molecule has 3 heterocycles. The van der Waals surface area contributed by atoms with Crippen LogP contribution in [0.4, 0.5) is 5.69 Å². The number of fused-ring (bicyclic) bond motifs is 5. The van der Waals surface area contributed by atoms with Crippen molar-refractivity contribution >= 4 is 11.6 Å². The number of carbonyl (C=O) groups is 1. The minimum Gasteiger partial charge on any atom is -0.497 e. The normalized spacial score (nSPS) is 22.3. The van der Waals surface area contributed by atoms with Gasteiger partial charge in [-0.3, -0.25) is 0 Å². The molecule has 0 bridgehead atoms. The Morgan fingerprint density at radius 2 is 1.45 bits per heavy atom. The minimum absolute atomic E-state index is 0.104. The standard InChI is InChI=1S/C32H28NO5/c1-21-7-9-22(10-8-21)17-33(18-23-11-13-24(35-2)14-12-23)27-6-4-3-5-25(27)32(31(33)34)19-36-28-16-30-29(15-26(28)32)37-20-38-30/h3-16H,17-20H2,1-2H3/q+1. The zero-order valence-electron chi connectivity index (χ0n) is 21.4. The molecule has 2 atom stereocenters. The molecule has 3 aliphatic rings. The second kappa shape index (κ2) is 8.36. The van der Waals surface area contributed by atoms with Gasteiger partial charge in [0, 0.05) is 28.3 Å². The molecule has 3 aliphatic heterocycles. The summed E-state index contributed by atoms with van der Waals surface area (Å²) in [7, 11) is 1.66. The van der Waals surface area contributed by atoms with Gasteiger partial charge < -0.3 is 18.9 Å². The maximum absolute atomic E-state index is 15.2. The van der Waals surface area contributed by atoms with Crippen LogP contribution in [0.1, 0.15) is 27.8 Å². The third kappa shape index (κ3) is 3.20. The summed E-state index contributed by atoms with van der Waals surface area (Å²) >= 11 is 0. The first kappa shape index (κ1) is 22.9. The molecule has 1 spiro atoms. The van der Waals surface area contributed by atoms with E-state index < -0.39 is 5.41 Å². The van der Waals surface area contributed by atoms with Gasteiger partial charge in [-0.2, -0.15) is 0 Å². The lowest BCUT2D eigenvalue weighted by Crippen LogP contribution is -2.56. The van der Waals surface area contributed by atoms with E-state index in [-0.39, 0.29) is 23.8 Å². The molecule has 0 saturated heterocycles. The van der Waals surface area contributed by atoms with Crippen molar-refractivity contribution < 1.29 is 23.7 Å². The Morgan fingerprint density at radius 1 is 0.789 bits per heavy atom. The molecule has 2 unspecified atom stereocenters. The number of ether oxygens (including phenoxy) is 4. The second-order valence-electron chi connectivity index (χ2n) is 10.3. The Hall–Kier alpha value is -4.29. The van der Waals surface area contributed by atoms with E-state index in [4.69, 9.17) is 18.9 Å². The third-order valence-corrected chi connectivity index (χ3v) is 8.14. The van der Waals surface area contributed by atoms with Crippen LogP contribution in [-0.2, 0) is 23.3 Å². The van der Waals surface area contributed by atoms with Crippen LogP contribution in [0.2, 0.25) is 0 Å². The first-order valence-electron chi connectivity index (χ1n) is 12.8.